The average molecular weight is 308 g/mol. The number of hydrogen-bond acceptors (Lipinski definition) is 4. The van der Waals surface area contributed by atoms with Gasteiger partial charge in [0.05, 0.1) is 6.33 Å². The summed E-state index contributed by atoms with van der Waals surface area (Å²) in [6.45, 7) is 1.59. The lowest BCUT2D eigenvalue weighted by Crippen LogP contribution is -2.15. The molecule has 0 amide bonds. The summed E-state index contributed by atoms with van der Waals surface area (Å²) in [7, 11) is 0. The zero-order valence-corrected chi connectivity index (χ0v) is 13.0. The lowest BCUT2D eigenvalue weighted by Gasteiger charge is -2.10. The quantitative estimate of drug-likeness (QED) is 0.787. The molecule has 5 nitrogen and oxygen atoms in total. The van der Waals surface area contributed by atoms with Crippen LogP contribution in [0.4, 0.5) is 0 Å². The second-order valence-corrected chi connectivity index (χ2v) is 5.98. The molecule has 0 bridgehead atoms. The van der Waals surface area contributed by atoms with Gasteiger partial charge in [-0.2, -0.15) is 0 Å². The van der Waals surface area contributed by atoms with E-state index >= 15 is 0 Å². The van der Waals surface area contributed by atoms with Crippen LogP contribution in [0.2, 0.25) is 0 Å². The van der Waals surface area contributed by atoms with E-state index in [-0.39, 0.29) is 0 Å². The Kier molecular flexibility index (Phi) is 3.94. The maximum absolute atomic E-state index is 5.45. The molecule has 0 radical (unpaired) electrons. The molecular weight excluding hydrogens is 288 g/mol. The standard InChI is InChI=1S/C18H20N4O/c1-2-4-18-16(3-1)17(21-23-18)12-20-11-14-5-7-15(8-6-14)22-10-9-19-13-22/h5-10,13,20H,1-4,11-12H2. The third-order valence-corrected chi connectivity index (χ3v) is 4.39. The van der Waals surface area contributed by atoms with Gasteiger partial charge in [0.15, 0.2) is 0 Å². The molecule has 0 atom stereocenters. The van der Waals surface area contributed by atoms with Crippen molar-refractivity contribution < 1.29 is 4.52 Å². The highest BCUT2D eigenvalue weighted by Gasteiger charge is 2.18. The van der Waals surface area contributed by atoms with Crippen LogP contribution >= 0.6 is 0 Å². The van der Waals surface area contributed by atoms with Gasteiger partial charge in [-0.25, -0.2) is 4.98 Å². The van der Waals surface area contributed by atoms with Crippen LogP contribution in [0.25, 0.3) is 5.69 Å². The minimum absolute atomic E-state index is 0.766. The number of aromatic nitrogens is 3. The smallest absolute Gasteiger partial charge is 0.140 e. The molecule has 4 rings (SSSR count). The van der Waals surface area contributed by atoms with Gasteiger partial charge in [0.2, 0.25) is 0 Å². The van der Waals surface area contributed by atoms with Crippen LogP contribution in [-0.2, 0) is 25.9 Å². The minimum atomic E-state index is 0.766. The van der Waals surface area contributed by atoms with Crippen molar-refractivity contribution in [2.75, 3.05) is 0 Å². The average Bonchev–Trinajstić information content (AvgIpc) is 3.26. The predicted molar refractivity (Wildman–Crippen MR) is 87.3 cm³/mol. The molecule has 0 fully saturated rings. The first-order chi connectivity index (χ1) is 11.4. The highest BCUT2D eigenvalue weighted by Crippen LogP contribution is 2.24. The van der Waals surface area contributed by atoms with Crippen LogP contribution < -0.4 is 5.32 Å². The van der Waals surface area contributed by atoms with E-state index in [2.05, 4.69) is 39.7 Å². The molecule has 118 valence electrons. The summed E-state index contributed by atoms with van der Waals surface area (Å²) in [6.07, 6.45) is 10.2. The number of hydrogen-bond donors (Lipinski definition) is 1. The molecule has 2 heterocycles. The van der Waals surface area contributed by atoms with Gasteiger partial charge in [-0.05, 0) is 37.0 Å². The van der Waals surface area contributed by atoms with E-state index in [0.29, 0.717) is 0 Å². The van der Waals surface area contributed by atoms with E-state index < -0.39 is 0 Å². The van der Waals surface area contributed by atoms with Gasteiger partial charge in [0.1, 0.15) is 11.5 Å². The summed E-state index contributed by atoms with van der Waals surface area (Å²) in [6, 6.07) is 8.49. The first-order valence-corrected chi connectivity index (χ1v) is 8.14. The summed E-state index contributed by atoms with van der Waals surface area (Å²) in [5, 5.41) is 7.70. The van der Waals surface area contributed by atoms with Crippen molar-refractivity contribution in [3.8, 4) is 5.69 Å². The molecule has 23 heavy (non-hydrogen) atoms. The Labute approximate surface area is 135 Å². The molecule has 1 aliphatic rings. The summed E-state index contributed by atoms with van der Waals surface area (Å²) >= 11 is 0. The fraction of sp³-hybridized carbons (Fsp3) is 0.333. The van der Waals surface area contributed by atoms with E-state index in [0.717, 1.165) is 43.1 Å². The summed E-state index contributed by atoms with van der Waals surface area (Å²) in [4.78, 5) is 4.07. The number of nitrogens with zero attached hydrogens (tertiary/aromatic N) is 3. The van der Waals surface area contributed by atoms with Crippen LogP contribution in [0.5, 0.6) is 0 Å². The van der Waals surface area contributed by atoms with Gasteiger partial charge in [0.25, 0.3) is 0 Å². The fourth-order valence-electron chi connectivity index (χ4n) is 3.11. The molecule has 2 aromatic heterocycles. The SMILES string of the molecule is c1cn(-c2ccc(CNCc3noc4c3CCCC4)cc2)cn1. The number of fused-ring (bicyclic) bond motifs is 1. The zero-order valence-electron chi connectivity index (χ0n) is 13.0. The molecule has 0 aliphatic heterocycles. The largest absolute Gasteiger partial charge is 0.361 e. The van der Waals surface area contributed by atoms with Gasteiger partial charge in [-0.15, -0.1) is 0 Å². The fourth-order valence-corrected chi connectivity index (χ4v) is 3.11. The number of rotatable bonds is 5. The van der Waals surface area contributed by atoms with Crippen LogP contribution in [0.15, 0.2) is 47.5 Å². The molecule has 0 saturated heterocycles. The van der Waals surface area contributed by atoms with Crippen molar-refractivity contribution in [2.45, 2.75) is 38.8 Å². The Morgan fingerprint density at radius 2 is 1.96 bits per heavy atom. The normalized spacial score (nSPS) is 13.9. The van der Waals surface area contributed by atoms with Crippen molar-refractivity contribution in [1.29, 1.82) is 0 Å². The molecule has 0 saturated carbocycles. The molecule has 5 heteroatoms. The van der Waals surface area contributed by atoms with Crippen molar-refractivity contribution in [3.05, 3.63) is 65.6 Å². The first kappa shape index (κ1) is 14.2. The van der Waals surface area contributed by atoms with Crippen molar-refractivity contribution in [1.82, 2.24) is 20.0 Å². The van der Waals surface area contributed by atoms with Gasteiger partial charge in [0, 0.05) is 43.2 Å². The minimum Gasteiger partial charge on any atom is -0.361 e. The van der Waals surface area contributed by atoms with E-state index in [9.17, 15) is 0 Å². The Morgan fingerprint density at radius 3 is 2.78 bits per heavy atom. The van der Waals surface area contributed by atoms with Crippen LogP contribution in [-0.4, -0.2) is 14.7 Å². The third-order valence-electron chi connectivity index (χ3n) is 4.39. The molecule has 1 aromatic carbocycles. The maximum atomic E-state index is 5.45. The predicted octanol–water partition coefficient (Wildman–Crippen LogP) is 3.03. The Hall–Kier alpha value is -2.40. The monoisotopic (exact) mass is 308 g/mol. The summed E-state index contributed by atoms with van der Waals surface area (Å²) in [5.41, 5.74) is 4.79. The zero-order chi connectivity index (χ0) is 15.5. The van der Waals surface area contributed by atoms with E-state index in [1.807, 2.05) is 10.8 Å². The highest BCUT2D eigenvalue weighted by atomic mass is 16.5. The third kappa shape index (κ3) is 3.05. The van der Waals surface area contributed by atoms with E-state index in [1.165, 1.54) is 24.0 Å². The molecule has 3 aromatic rings. The van der Waals surface area contributed by atoms with Crippen LogP contribution in [0.3, 0.4) is 0 Å². The lowest BCUT2D eigenvalue weighted by molar-refractivity contribution is 0.366. The van der Waals surface area contributed by atoms with Crippen molar-refractivity contribution in [2.24, 2.45) is 0 Å². The lowest BCUT2D eigenvalue weighted by atomic mass is 9.96. The second kappa shape index (κ2) is 6.38. The Morgan fingerprint density at radius 1 is 1.09 bits per heavy atom. The number of imidazole rings is 1. The maximum Gasteiger partial charge on any atom is 0.140 e. The highest BCUT2D eigenvalue weighted by molar-refractivity contribution is 5.34. The Balaban J connectivity index is 1.35. The molecule has 0 spiro atoms. The van der Waals surface area contributed by atoms with Crippen LogP contribution in [0, 0.1) is 0 Å². The van der Waals surface area contributed by atoms with Gasteiger partial charge in [-0.1, -0.05) is 17.3 Å². The van der Waals surface area contributed by atoms with Gasteiger partial charge >= 0.3 is 0 Å². The van der Waals surface area contributed by atoms with Crippen molar-refractivity contribution in [3.63, 3.8) is 0 Å². The number of nitrogens with one attached hydrogen (secondary N) is 1. The first-order valence-electron chi connectivity index (χ1n) is 8.14. The molecular formula is C18H20N4O. The molecule has 0 unspecified atom stereocenters. The van der Waals surface area contributed by atoms with Crippen LogP contribution in [0.1, 0.15) is 35.4 Å². The van der Waals surface area contributed by atoms with Gasteiger partial charge in [-0.3, -0.25) is 0 Å². The second-order valence-electron chi connectivity index (χ2n) is 5.98. The molecule has 1 aliphatic carbocycles. The van der Waals surface area contributed by atoms with Gasteiger partial charge < -0.3 is 14.4 Å². The Bertz CT molecular complexity index is 759. The summed E-state index contributed by atoms with van der Waals surface area (Å²) in [5.74, 6) is 1.10. The van der Waals surface area contributed by atoms with Crippen molar-refractivity contribution >= 4 is 0 Å². The number of benzene rings is 1. The van der Waals surface area contributed by atoms with E-state index in [1.54, 1.807) is 12.5 Å². The summed E-state index contributed by atoms with van der Waals surface area (Å²) < 4.78 is 7.45. The molecule has 1 N–H and O–H groups in total. The van der Waals surface area contributed by atoms with E-state index in [4.69, 9.17) is 4.52 Å². The number of aryl methyl sites for hydroxylation is 1. The topological polar surface area (TPSA) is 55.9 Å².